The Morgan fingerprint density at radius 3 is 3.00 bits per heavy atom. The fourth-order valence-corrected chi connectivity index (χ4v) is 2.45. The van der Waals surface area contributed by atoms with E-state index in [1.807, 2.05) is 24.3 Å². The summed E-state index contributed by atoms with van der Waals surface area (Å²) in [6.07, 6.45) is 0. The molecule has 1 aliphatic rings. The first-order valence-corrected chi connectivity index (χ1v) is 6.79. The minimum atomic E-state index is -0.0195. The third-order valence-corrected chi connectivity index (χ3v) is 3.32. The van der Waals surface area contributed by atoms with Gasteiger partial charge in [0.25, 0.3) is 0 Å². The zero-order valence-electron chi connectivity index (χ0n) is 11.1. The lowest BCUT2D eigenvalue weighted by molar-refractivity contribution is -0.0848. The predicted molar refractivity (Wildman–Crippen MR) is 76.4 cm³/mol. The number of anilines is 1. The molecule has 0 radical (unpaired) electrons. The molecule has 1 fully saturated rings. The summed E-state index contributed by atoms with van der Waals surface area (Å²) in [5.41, 5.74) is 1.06. The van der Waals surface area contributed by atoms with E-state index in [-0.39, 0.29) is 5.60 Å². The molecule has 0 aromatic heterocycles. The fourth-order valence-electron chi connectivity index (χ4n) is 2.26. The largest absolute Gasteiger partial charge is 0.384 e. The lowest BCUT2D eigenvalue weighted by atomic mass is 10.1. The van der Waals surface area contributed by atoms with Crippen LogP contribution < -0.4 is 5.32 Å². The lowest BCUT2D eigenvalue weighted by Crippen LogP contribution is -2.49. The van der Waals surface area contributed by atoms with Crippen LogP contribution in [-0.2, 0) is 4.74 Å². The minimum Gasteiger partial charge on any atom is -0.384 e. The van der Waals surface area contributed by atoms with Gasteiger partial charge in [0.2, 0.25) is 0 Å². The number of morpholine rings is 1. The number of benzene rings is 1. The van der Waals surface area contributed by atoms with Gasteiger partial charge in [0.05, 0.1) is 12.2 Å². The Morgan fingerprint density at radius 1 is 1.44 bits per heavy atom. The van der Waals surface area contributed by atoms with Crippen molar-refractivity contribution < 1.29 is 4.74 Å². The minimum absolute atomic E-state index is 0.0195. The van der Waals surface area contributed by atoms with Crippen LogP contribution in [0, 0.1) is 0 Å². The number of nitrogens with zero attached hydrogens (tertiary/aromatic N) is 1. The smallest absolute Gasteiger partial charge is 0.0753 e. The van der Waals surface area contributed by atoms with E-state index in [1.165, 1.54) is 0 Å². The number of halogens is 1. The molecule has 0 amide bonds. The number of hydrogen-bond acceptors (Lipinski definition) is 3. The zero-order chi connectivity index (χ0) is 13.0. The van der Waals surface area contributed by atoms with Crippen LogP contribution >= 0.6 is 11.6 Å². The van der Waals surface area contributed by atoms with Crippen molar-refractivity contribution in [1.82, 2.24) is 4.90 Å². The molecule has 3 nitrogen and oxygen atoms in total. The molecular formula is C14H21ClN2O. The topological polar surface area (TPSA) is 24.5 Å². The van der Waals surface area contributed by atoms with Crippen LogP contribution in [0.4, 0.5) is 5.69 Å². The fraction of sp³-hybridized carbons (Fsp3) is 0.571. The van der Waals surface area contributed by atoms with E-state index < -0.39 is 0 Å². The highest BCUT2D eigenvalue weighted by molar-refractivity contribution is 6.30. The summed E-state index contributed by atoms with van der Waals surface area (Å²) >= 11 is 5.94. The Hall–Kier alpha value is -0.770. The van der Waals surface area contributed by atoms with Crippen LogP contribution in [0.2, 0.25) is 5.02 Å². The summed E-state index contributed by atoms with van der Waals surface area (Å²) in [4.78, 5) is 2.43. The molecule has 0 unspecified atom stereocenters. The van der Waals surface area contributed by atoms with Crippen LogP contribution in [0.25, 0.3) is 0 Å². The van der Waals surface area contributed by atoms with Crippen LogP contribution in [0.3, 0.4) is 0 Å². The monoisotopic (exact) mass is 268 g/mol. The normalized spacial score (nSPS) is 19.7. The molecule has 4 heteroatoms. The molecule has 0 spiro atoms. The summed E-state index contributed by atoms with van der Waals surface area (Å²) in [7, 11) is 0. The van der Waals surface area contributed by atoms with Crippen LogP contribution in [0.15, 0.2) is 24.3 Å². The van der Waals surface area contributed by atoms with Gasteiger partial charge in [-0.2, -0.15) is 0 Å². The van der Waals surface area contributed by atoms with E-state index in [4.69, 9.17) is 16.3 Å². The Kier molecular flexibility index (Phi) is 4.49. The molecule has 0 aliphatic carbocycles. The Labute approximate surface area is 114 Å². The van der Waals surface area contributed by atoms with Gasteiger partial charge in [0.15, 0.2) is 0 Å². The van der Waals surface area contributed by atoms with Crippen LogP contribution in [0.1, 0.15) is 13.8 Å². The molecule has 0 bridgehead atoms. The molecule has 2 rings (SSSR count). The number of nitrogens with one attached hydrogen (secondary N) is 1. The quantitative estimate of drug-likeness (QED) is 0.909. The van der Waals surface area contributed by atoms with Gasteiger partial charge in [-0.1, -0.05) is 17.7 Å². The Balaban J connectivity index is 1.75. The van der Waals surface area contributed by atoms with Crippen LogP contribution in [-0.4, -0.2) is 43.3 Å². The van der Waals surface area contributed by atoms with Crippen molar-refractivity contribution in [2.45, 2.75) is 19.4 Å². The second-order valence-corrected chi connectivity index (χ2v) is 5.76. The van der Waals surface area contributed by atoms with Crippen molar-refractivity contribution in [2.24, 2.45) is 0 Å². The molecule has 1 saturated heterocycles. The molecule has 0 saturated carbocycles. The number of ether oxygens (including phenoxy) is 1. The maximum absolute atomic E-state index is 5.94. The number of hydrogen-bond donors (Lipinski definition) is 1. The predicted octanol–water partition coefficient (Wildman–Crippen LogP) is 2.86. The molecular weight excluding hydrogens is 248 g/mol. The first-order chi connectivity index (χ1) is 8.55. The van der Waals surface area contributed by atoms with Gasteiger partial charge in [-0.15, -0.1) is 0 Å². The summed E-state index contributed by atoms with van der Waals surface area (Å²) < 4.78 is 5.70. The second kappa shape index (κ2) is 5.91. The maximum Gasteiger partial charge on any atom is 0.0753 e. The van der Waals surface area contributed by atoms with Crippen molar-refractivity contribution in [3.63, 3.8) is 0 Å². The van der Waals surface area contributed by atoms with E-state index in [9.17, 15) is 0 Å². The molecule has 0 atom stereocenters. The van der Waals surface area contributed by atoms with E-state index in [0.717, 1.165) is 43.5 Å². The summed E-state index contributed by atoms with van der Waals surface area (Å²) in [6, 6.07) is 7.83. The molecule has 100 valence electrons. The van der Waals surface area contributed by atoms with Crippen molar-refractivity contribution in [3.8, 4) is 0 Å². The molecule has 18 heavy (non-hydrogen) atoms. The summed E-state index contributed by atoms with van der Waals surface area (Å²) in [5, 5.41) is 4.16. The van der Waals surface area contributed by atoms with Gasteiger partial charge in [0.1, 0.15) is 0 Å². The molecule has 1 N–H and O–H groups in total. The van der Waals surface area contributed by atoms with Crippen molar-refractivity contribution in [3.05, 3.63) is 29.3 Å². The maximum atomic E-state index is 5.94. The number of rotatable bonds is 4. The molecule has 1 aromatic rings. The highest BCUT2D eigenvalue weighted by Gasteiger charge is 2.26. The molecule has 1 aliphatic heterocycles. The SMILES string of the molecule is CC1(C)CN(CCNc2cccc(Cl)c2)CCO1. The van der Waals surface area contributed by atoms with Gasteiger partial charge >= 0.3 is 0 Å². The lowest BCUT2D eigenvalue weighted by Gasteiger charge is -2.38. The van der Waals surface area contributed by atoms with Gasteiger partial charge < -0.3 is 10.1 Å². The van der Waals surface area contributed by atoms with E-state index in [2.05, 4.69) is 24.1 Å². The summed E-state index contributed by atoms with van der Waals surface area (Å²) in [5.74, 6) is 0. The van der Waals surface area contributed by atoms with Gasteiger partial charge in [-0.05, 0) is 32.0 Å². The van der Waals surface area contributed by atoms with E-state index in [1.54, 1.807) is 0 Å². The highest BCUT2D eigenvalue weighted by atomic mass is 35.5. The van der Waals surface area contributed by atoms with Crippen LogP contribution in [0.5, 0.6) is 0 Å². The van der Waals surface area contributed by atoms with Gasteiger partial charge in [-0.3, -0.25) is 4.90 Å². The highest BCUT2D eigenvalue weighted by Crippen LogP contribution is 2.17. The standard InChI is InChI=1S/C14H21ClN2O/c1-14(2)11-17(8-9-18-14)7-6-16-13-5-3-4-12(15)10-13/h3-5,10,16H,6-9,11H2,1-2H3. The Morgan fingerprint density at radius 2 is 2.28 bits per heavy atom. The van der Waals surface area contributed by atoms with Gasteiger partial charge in [0, 0.05) is 36.9 Å². The van der Waals surface area contributed by atoms with Crippen molar-refractivity contribution in [2.75, 3.05) is 38.1 Å². The third kappa shape index (κ3) is 4.16. The third-order valence-electron chi connectivity index (χ3n) is 3.09. The first kappa shape index (κ1) is 13.7. The molecule has 1 aromatic carbocycles. The van der Waals surface area contributed by atoms with Crippen molar-refractivity contribution >= 4 is 17.3 Å². The van der Waals surface area contributed by atoms with E-state index in [0.29, 0.717) is 0 Å². The second-order valence-electron chi connectivity index (χ2n) is 5.32. The average Bonchev–Trinajstić information content (AvgIpc) is 2.28. The molecule has 1 heterocycles. The average molecular weight is 269 g/mol. The van der Waals surface area contributed by atoms with Gasteiger partial charge in [-0.25, -0.2) is 0 Å². The first-order valence-electron chi connectivity index (χ1n) is 6.41. The Bertz CT molecular complexity index is 395. The summed E-state index contributed by atoms with van der Waals surface area (Å²) in [6.45, 7) is 9.07. The van der Waals surface area contributed by atoms with Crippen molar-refractivity contribution in [1.29, 1.82) is 0 Å². The van der Waals surface area contributed by atoms with E-state index >= 15 is 0 Å². The zero-order valence-corrected chi connectivity index (χ0v) is 11.8.